The Balaban J connectivity index is 1.50. The predicted octanol–water partition coefficient (Wildman–Crippen LogP) is 1.98. The molecule has 1 aromatic carbocycles. The lowest BCUT2D eigenvalue weighted by molar-refractivity contribution is -0.133. The molecule has 1 saturated heterocycles. The van der Waals surface area contributed by atoms with Crippen molar-refractivity contribution in [1.82, 2.24) is 19.6 Å². The molecular formula is C21H28N4O3. The van der Waals surface area contributed by atoms with Gasteiger partial charge in [0.2, 0.25) is 11.8 Å². The van der Waals surface area contributed by atoms with Gasteiger partial charge in [0.1, 0.15) is 5.56 Å². The molecule has 0 spiro atoms. The van der Waals surface area contributed by atoms with Crippen LogP contribution in [0.4, 0.5) is 0 Å². The summed E-state index contributed by atoms with van der Waals surface area (Å²) in [5.41, 5.74) is 1.71. The maximum Gasteiger partial charge on any atom is 0.261 e. The molecule has 0 bridgehead atoms. The molecule has 28 heavy (non-hydrogen) atoms. The van der Waals surface area contributed by atoms with Crippen LogP contribution in [0.1, 0.15) is 28.8 Å². The number of aryl methyl sites for hydroxylation is 1. The van der Waals surface area contributed by atoms with Crippen LogP contribution in [0.2, 0.25) is 0 Å². The number of likely N-dealkylation sites (tertiary alicyclic amines) is 1. The monoisotopic (exact) mass is 384 g/mol. The Bertz CT molecular complexity index is 810. The average Bonchev–Trinajstić information content (AvgIpc) is 3.09. The standard InChI is InChI=1S/C21H28N4O3/c1-23(21(27)18-14-24(2)22-20(18)28-3)15-19(26)25-11-9-17(10-12-25)13-16-7-5-4-6-8-16/h4-8,14,17H,9-13,15H2,1-3H3. The molecule has 7 nitrogen and oxygen atoms in total. The SMILES string of the molecule is COc1nn(C)cc1C(=O)N(C)CC(=O)N1CCC(Cc2ccccc2)CC1. The van der Waals surface area contributed by atoms with Gasteiger partial charge in [-0.05, 0) is 30.7 Å². The second kappa shape index (κ2) is 8.91. The molecule has 7 heteroatoms. The second-order valence-corrected chi connectivity index (χ2v) is 7.40. The third kappa shape index (κ3) is 4.71. The first kappa shape index (κ1) is 19.9. The molecule has 0 aliphatic carbocycles. The van der Waals surface area contributed by atoms with Gasteiger partial charge in [0.25, 0.3) is 5.91 Å². The summed E-state index contributed by atoms with van der Waals surface area (Å²) in [6, 6.07) is 10.5. The lowest BCUT2D eigenvalue weighted by Gasteiger charge is -2.33. The largest absolute Gasteiger partial charge is 0.479 e. The maximum absolute atomic E-state index is 12.6. The number of piperidine rings is 1. The van der Waals surface area contributed by atoms with Gasteiger partial charge in [-0.15, -0.1) is 5.10 Å². The molecule has 2 aromatic rings. The lowest BCUT2D eigenvalue weighted by Crippen LogP contribution is -2.44. The van der Waals surface area contributed by atoms with E-state index in [-0.39, 0.29) is 24.2 Å². The highest BCUT2D eigenvalue weighted by molar-refractivity contribution is 5.98. The van der Waals surface area contributed by atoms with E-state index >= 15 is 0 Å². The Morgan fingerprint density at radius 1 is 1.21 bits per heavy atom. The number of carbonyl (C=O) groups excluding carboxylic acids is 2. The third-order valence-corrected chi connectivity index (χ3v) is 5.27. The van der Waals surface area contributed by atoms with Crippen molar-refractivity contribution in [3.05, 3.63) is 47.7 Å². The summed E-state index contributed by atoms with van der Waals surface area (Å²) in [6.45, 7) is 1.55. The predicted molar refractivity (Wildman–Crippen MR) is 106 cm³/mol. The van der Waals surface area contributed by atoms with Gasteiger partial charge in [0, 0.05) is 33.4 Å². The van der Waals surface area contributed by atoms with Crippen LogP contribution in [-0.4, -0.2) is 65.2 Å². The first-order valence-corrected chi connectivity index (χ1v) is 9.62. The summed E-state index contributed by atoms with van der Waals surface area (Å²) in [5.74, 6) is 0.591. The minimum Gasteiger partial charge on any atom is -0.479 e. The van der Waals surface area contributed by atoms with Crippen molar-refractivity contribution in [3.63, 3.8) is 0 Å². The molecular weight excluding hydrogens is 356 g/mol. The molecule has 0 N–H and O–H groups in total. The van der Waals surface area contributed by atoms with Crippen molar-refractivity contribution < 1.29 is 14.3 Å². The van der Waals surface area contributed by atoms with E-state index in [2.05, 4.69) is 29.4 Å². The fourth-order valence-electron chi connectivity index (χ4n) is 3.68. The molecule has 0 saturated carbocycles. The zero-order valence-electron chi connectivity index (χ0n) is 16.8. The number of nitrogens with zero attached hydrogens (tertiary/aromatic N) is 4. The van der Waals surface area contributed by atoms with Crippen molar-refractivity contribution in [2.45, 2.75) is 19.3 Å². The Kier molecular flexibility index (Phi) is 6.34. The molecule has 3 rings (SSSR count). The number of rotatable bonds is 6. The normalized spacial score (nSPS) is 14.8. The van der Waals surface area contributed by atoms with E-state index in [9.17, 15) is 9.59 Å². The Labute approximate surface area is 165 Å². The summed E-state index contributed by atoms with van der Waals surface area (Å²) >= 11 is 0. The maximum atomic E-state index is 12.6. The smallest absolute Gasteiger partial charge is 0.261 e. The van der Waals surface area contributed by atoms with E-state index in [1.807, 2.05) is 11.0 Å². The molecule has 150 valence electrons. The first-order valence-electron chi connectivity index (χ1n) is 9.62. The quantitative estimate of drug-likeness (QED) is 0.764. The second-order valence-electron chi connectivity index (χ2n) is 7.40. The zero-order chi connectivity index (χ0) is 20.1. The number of methoxy groups -OCH3 is 1. The fraction of sp³-hybridized carbons (Fsp3) is 0.476. The van der Waals surface area contributed by atoms with Gasteiger partial charge in [0.15, 0.2) is 0 Å². The molecule has 1 aliphatic rings. The van der Waals surface area contributed by atoms with Crippen LogP contribution in [0.3, 0.4) is 0 Å². The van der Waals surface area contributed by atoms with Gasteiger partial charge in [0.05, 0.1) is 13.7 Å². The van der Waals surface area contributed by atoms with Gasteiger partial charge < -0.3 is 14.5 Å². The van der Waals surface area contributed by atoms with Crippen molar-refractivity contribution in [2.24, 2.45) is 13.0 Å². The van der Waals surface area contributed by atoms with Crippen molar-refractivity contribution in [2.75, 3.05) is 33.8 Å². The Morgan fingerprint density at radius 2 is 1.89 bits per heavy atom. The summed E-state index contributed by atoms with van der Waals surface area (Å²) in [5, 5.41) is 4.10. The highest BCUT2D eigenvalue weighted by Crippen LogP contribution is 2.22. The summed E-state index contributed by atoms with van der Waals surface area (Å²) < 4.78 is 6.67. The topological polar surface area (TPSA) is 67.7 Å². The van der Waals surface area contributed by atoms with Crippen LogP contribution in [-0.2, 0) is 18.3 Å². The first-order chi connectivity index (χ1) is 13.5. The number of carbonyl (C=O) groups is 2. The number of amides is 2. The van der Waals surface area contributed by atoms with E-state index in [0.717, 1.165) is 32.4 Å². The molecule has 2 heterocycles. The third-order valence-electron chi connectivity index (χ3n) is 5.27. The van der Waals surface area contributed by atoms with Crippen LogP contribution in [0.5, 0.6) is 5.88 Å². The average molecular weight is 384 g/mol. The zero-order valence-corrected chi connectivity index (χ0v) is 16.8. The Morgan fingerprint density at radius 3 is 2.54 bits per heavy atom. The summed E-state index contributed by atoms with van der Waals surface area (Å²) in [6.07, 6.45) is 4.66. The van der Waals surface area contributed by atoms with Crippen molar-refractivity contribution in [1.29, 1.82) is 0 Å². The number of hydrogen-bond donors (Lipinski definition) is 0. The molecule has 1 aliphatic heterocycles. The van der Waals surface area contributed by atoms with Crippen LogP contribution in [0, 0.1) is 5.92 Å². The minimum atomic E-state index is -0.266. The van der Waals surface area contributed by atoms with E-state index in [1.54, 1.807) is 20.3 Å². The molecule has 1 fully saturated rings. The molecule has 0 radical (unpaired) electrons. The lowest BCUT2D eigenvalue weighted by atomic mass is 9.90. The van der Waals surface area contributed by atoms with Crippen molar-refractivity contribution >= 4 is 11.8 Å². The minimum absolute atomic E-state index is 0.0168. The highest BCUT2D eigenvalue weighted by Gasteiger charge is 2.26. The molecule has 2 amide bonds. The molecule has 0 atom stereocenters. The highest BCUT2D eigenvalue weighted by atomic mass is 16.5. The number of benzene rings is 1. The van der Waals surface area contributed by atoms with Gasteiger partial charge in [-0.2, -0.15) is 0 Å². The van der Waals surface area contributed by atoms with Gasteiger partial charge in [-0.25, -0.2) is 0 Å². The van der Waals surface area contributed by atoms with Crippen molar-refractivity contribution in [3.8, 4) is 5.88 Å². The van der Waals surface area contributed by atoms with E-state index in [0.29, 0.717) is 11.5 Å². The number of aromatic nitrogens is 2. The fourth-order valence-corrected chi connectivity index (χ4v) is 3.68. The molecule has 0 unspecified atom stereocenters. The Hall–Kier alpha value is -2.83. The van der Waals surface area contributed by atoms with Crippen LogP contribution in [0.15, 0.2) is 36.5 Å². The number of ether oxygens (including phenoxy) is 1. The van der Waals surface area contributed by atoms with E-state index in [1.165, 1.54) is 22.3 Å². The molecule has 1 aromatic heterocycles. The van der Waals surface area contributed by atoms with Crippen LogP contribution >= 0.6 is 0 Å². The number of likely N-dealkylation sites (N-methyl/N-ethyl adjacent to an activating group) is 1. The van der Waals surface area contributed by atoms with Crippen LogP contribution < -0.4 is 4.74 Å². The van der Waals surface area contributed by atoms with E-state index < -0.39 is 0 Å². The van der Waals surface area contributed by atoms with Gasteiger partial charge in [-0.3, -0.25) is 14.3 Å². The van der Waals surface area contributed by atoms with E-state index in [4.69, 9.17) is 4.74 Å². The summed E-state index contributed by atoms with van der Waals surface area (Å²) in [4.78, 5) is 28.6. The summed E-state index contributed by atoms with van der Waals surface area (Å²) in [7, 11) is 4.84. The van der Waals surface area contributed by atoms with Crippen LogP contribution in [0.25, 0.3) is 0 Å². The van der Waals surface area contributed by atoms with Gasteiger partial charge >= 0.3 is 0 Å². The van der Waals surface area contributed by atoms with Gasteiger partial charge in [-0.1, -0.05) is 30.3 Å². The number of hydrogen-bond acceptors (Lipinski definition) is 4.